The Morgan fingerprint density at radius 1 is 1.14 bits per heavy atom. The number of fused-ring (bicyclic) bond motifs is 1. The summed E-state index contributed by atoms with van der Waals surface area (Å²) in [7, 11) is 0. The minimum absolute atomic E-state index is 0.761. The van der Waals surface area contributed by atoms with Crippen LogP contribution in [0.5, 0.6) is 0 Å². The molecule has 0 radical (unpaired) electrons. The van der Waals surface area contributed by atoms with Gasteiger partial charge in [0, 0.05) is 42.2 Å². The Balaban J connectivity index is 1.41. The lowest BCUT2D eigenvalue weighted by Crippen LogP contribution is -2.17. The van der Waals surface area contributed by atoms with E-state index >= 15 is 0 Å². The SMILES string of the molecule is c1cn2cc(CNc3ccc(N4CCCC4)cc3)nc2s1. The van der Waals surface area contributed by atoms with Crippen LogP contribution in [0.3, 0.4) is 0 Å². The van der Waals surface area contributed by atoms with E-state index < -0.39 is 0 Å². The monoisotopic (exact) mass is 298 g/mol. The number of nitrogens with one attached hydrogen (secondary N) is 1. The number of anilines is 2. The van der Waals surface area contributed by atoms with Crippen LogP contribution in [0.4, 0.5) is 11.4 Å². The first-order valence-corrected chi connectivity index (χ1v) is 8.26. The van der Waals surface area contributed by atoms with Gasteiger partial charge in [-0.2, -0.15) is 0 Å². The fourth-order valence-corrected chi connectivity index (χ4v) is 3.54. The molecule has 5 heteroatoms. The standard InChI is InChI=1S/C16H18N4S/c1-2-8-19(7-1)15-5-3-13(4-6-15)17-11-14-12-20-9-10-21-16(20)18-14/h3-6,9-10,12,17H,1-2,7-8,11H2. The van der Waals surface area contributed by atoms with E-state index in [4.69, 9.17) is 0 Å². The number of benzene rings is 1. The fraction of sp³-hybridized carbons (Fsp3) is 0.312. The summed E-state index contributed by atoms with van der Waals surface area (Å²) in [6, 6.07) is 8.73. The van der Waals surface area contributed by atoms with Crippen molar-refractivity contribution >= 4 is 27.7 Å². The number of hydrogen-bond acceptors (Lipinski definition) is 4. The molecule has 0 spiro atoms. The van der Waals surface area contributed by atoms with Crippen molar-refractivity contribution in [2.45, 2.75) is 19.4 Å². The molecule has 108 valence electrons. The van der Waals surface area contributed by atoms with Crippen molar-refractivity contribution in [2.24, 2.45) is 0 Å². The second-order valence-electron chi connectivity index (χ2n) is 5.42. The predicted octanol–water partition coefficient (Wildman–Crippen LogP) is 3.61. The van der Waals surface area contributed by atoms with Gasteiger partial charge in [-0.05, 0) is 37.1 Å². The molecule has 4 rings (SSSR count). The van der Waals surface area contributed by atoms with Crippen molar-refractivity contribution < 1.29 is 0 Å². The Kier molecular flexibility index (Phi) is 3.27. The smallest absolute Gasteiger partial charge is 0.193 e. The number of aromatic nitrogens is 2. The van der Waals surface area contributed by atoms with Gasteiger partial charge in [0.25, 0.3) is 0 Å². The Labute approximate surface area is 128 Å². The third kappa shape index (κ3) is 2.61. The third-order valence-corrected chi connectivity index (χ3v) is 4.73. The van der Waals surface area contributed by atoms with Crippen LogP contribution in [0.25, 0.3) is 4.96 Å². The van der Waals surface area contributed by atoms with Crippen molar-refractivity contribution in [3.63, 3.8) is 0 Å². The van der Waals surface area contributed by atoms with E-state index in [-0.39, 0.29) is 0 Å². The van der Waals surface area contributed by atoms with Crippen LogP contribution in [0, 0.1) is 0 Å². The van der Waals surface area contributed by atoms with Crippen LogP contribution in [0.2, 0.25) is 0 Å². The van der Waals surface area contributed by atoms with E-state index in [2.05, 4.69) is 55.4 Å². The minimum atomic E-state index is 0.761. The Hall–Kier alpha value is -2.01. The summed E-state index contributed by atoms with van der Waals surface area (Å²) in [6.45, 7) is 3.15. The van der Waals surface area contributed by atoms with E-state index in [0.717, 1.165) is 22.9 Å². The topological polar surface area (TPSA) is 32.6 Å². The zero-order valence-corrected chi connectivity index (χ0v) is 12.6. The molecule has 0 amide bonds. The number of thiazole rings is 1. The summed E-state index contributed by atoms with van der Waals surface area (Å²) in [6.07, 6.45) is 6.76. The van der Waals surface area contributed by atoms with Gasteiger partial charge in [0.1, 0.15) is 0 Å². The van der Waals surface area contributed by atoms with Crippen LogP contribution < -0.4 is 10.2 Å². The van der Waals surface area contributed by atoms with Crippen molar-refractivity contribution in [1.82, 2.24) is 9.38 Å². The van der Waals surface area contributed by atoms with Crippen LogP contribution >= 0.6 is 11.3 Å². The second kappa shape index (κ2) is 5.41. The van der Waals surface area contributed by atoms with Gasteiger partial charge in [-0.15, -0.1) is 11.3 Å². The number of imidazole rings is 1. The highest BCUT2D eigenvalue weighted by Gasteiger charge is 2.11. The minimum Gasteiger partial charge on any atom is -0.379 e. The summed E-state index contributed by atoms with van der Waals surface area (Å²) in [5.74, 6) is 0. The molecule has 0 aliphatic carbocycles. The highest BCUT2D eigenvalue weighted by molar-refractivity contribution is 7.15. The normalized spacial score (nSPS) is 15.0. The first-order valence-electron chi connectivity index (χ1n) is 7.38. The van der Waals surface area contributed by atoms with Gasteiger partial charge in [-0.3, -0.25) is 4.40 Å². The molecule has 1 aliphatic rings. The van der Waals surface area contributed by atoms with Gasteiger partial charge in [0.15, 0.2) is 4.96 Å². The van der Waals surface area contributed by atoms with Gasteiger partial charge in [0.05, 0.1) is 12.2 Å². The van der Waals surface area contributed by atoms with Gasteiger partial charge >= 0.3 is 0 Å². The van der Waals surface area contributed by atoms with E-state index in [1.165, 1.54) is 31.6 Å². The van der Waals surface area contributed by atoms with E-state index in [1.54, 1.807) is 11.3 Å². The first-order chi connectivity index (χ1) is 10.4. The molecule has 0 unspecified atom stereocenters. The molecule has 2 aromatic heterocycles. The van der Waals surface area contributed by atoms with E-state index in [0.29, 0.717) is 0 Å². The Bertz CT molecular complexity index is 694. The van der Waals surface area contributed by atoms with Gasteiger partial charge < -0.3 is 10.2 Å². The van der Waals surface area contributed by atoms with Crippen LogP contribution in [0.15, 0.2) is 42.0 Å². The summed E-state index contributed by atoms with van der Waals surface area (Å²) in [5.41, 5.74) is 3.56. The maximum atomic E-state index is 4.58. The number of hydrogen-bond donors (Lipinski definition) is 1. The first kappa shape index (κ1) is 12.7. The van der Waals surface area contributed by atoms with Crippen molar-refractivity contribution in [1.29, 1.82) is 0 Å². The molecule has 21 heavy (non-hydrogen) atoms. The van der Waals surface area contributed by atoms with Crippen LogP contribution in [-0.2, 0) is 6.54 Å². The molecule has 3 heterocycles. The summed E-state index contributed by atoms with van der Waals surface area (Å²) in [4.78, 5) is 8.08. The maximum absolute atomic E-state index is 4.58. The Morgan fingerprint density at radius 3 is 2.71 bits per heavy atom. The second-order valence-corrected chi connectivity index (χ2v) is 6.29. The van der Waals surface area contributed by atoms with Gasteiger partial charge in [0.2, 0.25) is 0 Å². The molecule has 0 bridgehead atoms. The van der Waals surface area contributed by atoms with E-state index in [9.17, 15) is 0 Å². The van der Waals surface area contributed by atoms with Gasteiger partial charge in [-0.25, -0.2) is 4.98 Å². The zero-order valence-electron chi connectivity index (χ0n) is 11.8. The molecular weight excluding hydrogens is 280 g/mol. The third-order valence-electron chi connectivity index (χ3n) is 3.96. The van der Waals surface area contributed by atoms with E-state index in [1.807, 2.05) is 6.20 Å². The molecular formula is C16H18N4S. The molecule has 3 aromatic rings. The van der Waals surface area contributed by atoms with Crippen LogP contribution in [0.1, 0.15) is 18.5 Å². The lowest BCUT2D eigenvalue weighted by molar-refractivity contribution is 0.949. The molecule has 1 fully saturated rings. The van der Waals surface area contributed by atoms with Gasteiger partial charge in [-0.1, -0.05) is 0 Å². The maximum Gasteiger partial charge on any atom is 0.193 e. The van der Waals surface area contributed by atoms with Crippen molar-refractivity contribution in [3.05, 3.63) is 47.7 Å². The number of rotatable bonds is 4. The number of nitrogens with zero attached hydrogens (tertiary/aromatic N) is 3. The van der Waals surface area contributed by atoms with Crippen LogP contribution in [-0.4, -0.2) is 22.5 Å². The van der Waals surface area contributed by atoms with Crippen molar-refractivity contribution in [3.8, 4) is 0 Å². The lowest BCUT2D eigenvalue weighted by Gasteiger charge is -2.17. The molecule has 1 N–H and O–H groups in total. The molecule has 4 nitrogen and oxygen atoms in total. The highest BCUT2D eigenvalue weighted by atomic mass is 32.1. The van der Waals surface area contributed by atoms with Crippen molar-refractivity contribution in [2.75, 3.05) is 23.3 Å². The average Bonchev–Trinajstić information content (AvgIpc) is 3.22. The Morgan fingerprint density at radius 2 is 1.95 bits per heavy atom. The highest BCUT2D eigenvalue weighted by Crippen LogP contribution is 2.22. The molecule has 0 saturated carbocycles. The molecule has 1 aliphatic heterocycles. The summed E-state index contributed by atoms with van der Waals surface area (Å²) < 4.78 is 2.07. The zero-order chi connectivity index (χ0) is 14.1. The molecule has 1 saturated heterocycles. The lowest BCUT2D eigenvalue weighted by atomic mass is 10.2. The summed E-state index contributed by atoms with van der Waals surface area (Å²) in [5, 5.41) is 5.49. The summed E-state index contributed by atoms with van der Waals surface area (Å²) >= 11 is 1.66. The predicted molar refractivity (Wildman–Crippen MR) is 88.3 cm³/mol. The average molecular weight is 298 g/mol. The fourth-order valence-electron chi connectivity index (χ4n) is 2.82. The quantitative estimate of drug-likeness (QED) is 0.798. The molecule has 1 aromatic carbocycles. The molecule has 0 atom stereocenters. The largest absolute Gasteiger partial charge is 0.379 e.